The maximum absolute atomic E-state index is 5.62. The molecule has 19 heavy (non-hydrogen) atoms. The highest BCUT2D eigenvalue weighted by Crippen LogP contribution is 2.13. The molecule has 0 aliphatic rings. The summed E-state index contributed by atoms with van der Waals surface area (Å²) in [4.78, 5) is 0. The molecule has 0 atom stereocenters. The van der Waals surface area contributed by atoms with Crippen LogP contribution in [0.25, 0.3) is 0 Å². The minimum atomic E-state index is 0.615. The molecule has 5 heteroatoms. The summed E-state index contributed by atoms with van der Waals surface area (Å²) >= 11 is 5.62. The lowest BCUT2D eigenvalue weighted by Crippen LogP contribution is -1.92. The van der Waals surface area contributed by atoms with Crippen LogP contribution in [0.15, 0.2) is 28.7 Å². The second kappa shape index (κ2) is 7.14. The number of alkyl halides is 1. The largest absolute Gasteiger partial charge is 0.497 e. The van der Waals surface area contributed by atoms with Crippen molar-refractivity contribution in [2.75, 3.05) is 13.0 Å². The van der Waals surface area contributed by atoms with Gasteiger partial charge in [-0.3, -0.25) is 0 Å². The fourth-order valence-corrected chi connectivity index (χ4v) is 1.89. The topological polar surface area (TPSA) is 48.2 Å². The van der Waals surface area contributed by atoms with Gasteiger partial charge in [0.2, 0.25) is 11.8 Å². The molecular formula is C14H17ClN2O2. The van der Waals surface area contributed by atoms with Crippen LogP contribution in [0, 0.1) is 0 Å². The number of aryl methyl sites for hydroxylation is 3. The number of rotatable bonds is 7. The number of hydrogen-bond acceptors (Lipinski definition) is 4. The van der Waals surface area contributed by atoms with Gasteiger partial charge in [-0.2, -0.15) is 0 Å². The fourth-order valence-electron chi connectivity index (χ4n) is 1.75. The summed E-state index contributed by atoms with van der Waals surface area (Å²) in [5.41, 5.74) is 1.22. The third-order valence-corrected chi connectivity index (χ3v) is 3.09. The van der Waals surface area contributed by atoms with Crippen LogP contribution >= 0.6 is 11.6 Å². The Hall–Kier alpha value is -1.55. The van der Waals surface area contributed by atoms with Gasteiger partial charge in [-0.1, -0.05) is 12.1 Å². The van der Waals surface area contributed by atoms with Crippen LogP contribution < -0.4 is 4.74 Å². The molecule has 0 aliphatic carbocycles. The van der Waals surface area contributed by atoms with E-state index in [9.17, 15) is 0 Å². The van der Waals surface area contributed by atoms with Crippen molar-refractivity contribution in [3.63, 3.8) is 0 Å². The van der Waals surface area contributed by atoms with E-state index in [0.29, 0.717) is 17.7 Å². The van der Waals surface area contributed by atoms with Crippen molar-refractivity contribution in [2.45, 2.75) is 25.7 Å². The normalized spacial score (nSPS) is 10.6. The van der Waals surface area contributed by atoms with Gasteiger partial charge >= 0.3 is 0 Å². The molecule has 0 aliphatic heterocycles. The Labute approximate surface area is 117 Å². The predicted molar refractivity (Wildman–Crippen MR) is 73.7 cm³/mol. The van der Waals surface area contributed by atoms with Crippen LogP contribution in [0.3, 0.4) is 0 Å². The smallest absolute Gasteiger partial charge is 0.216 e. The van der Waals surface area contributed by atoms with Gasteiger partial charge in [-0.25, -0.2) is 0 Å². The summed E-state index contributed by atoms with van der Waals surface area (Å²) in [6, 6.07) is 8.00. The first-order valence-corrected chi connectivity index (χ1v) is 6.85. The summed E-state index contributed by atoms with van der Waals surface area (Å²) in [5, 5.41) is 8.03. The predicted octanol–water partition coefficient (Wildman–Crippen LogP) is 3.03. The first kappa shape index (κ1) is 13.9. The van der Waals surface area contributed by atoms with Gasteiger partial charge in [0.1, 0.15) is 5.75 Å². The molecule has 1 aromatic carbocycles. The average molecular weight is 281 g/mol. The van der Waals surface area contributed by atoms with Crippen LogP contribution in [0.5, 0.6) is 5.75 Å². The lowest BCUT2D eigenvalue weighted by Gasteiger charge is -2.01. The molecule has 0 saturated carbocycles. The number of aromatic nitrogens is 2. The number of nitrogens with zero attached hydrogens (tertiary/aromatic N) is 2. The molecule has 4 nitrogen and oxygen atoms in total. The zero-order valence-electron chi connectivity index (χ0n) is 10.9. The highest BCUT2D eigenvalue weighted by atomic mass is 35.5. The van der Waals surface area contributed by atoms with E-state index in [1.165, 1.54) is 5.56 Å². The minimum absolute atomic E-state index is 0.615. The zero-order valence-corrected chi connectivity index (χ0v) is 11.7. The third kappa shape index (κ3) is 4.24. The maximum Gasteiger partial charge on any atom is 0.216 e. The monoisotopic (exact) mass is 280 g/mol. The first-order chi connectivity index (χ1) is 9.31. The lowest BCUT2D eigenvalue weighted by atomic mass is 10.1. The van der Waals surface area contributed by atoms with Crippen molar-refractivity contribution in [1.82, 2.24) is 10.2 Å². The summed E-state index contributed by atoms with van der Waals surface area (Å²) in [5.74, 6) is 2.83. The van der Waals surface area contributed by atoms with E-state index >= 15 is 0 Å². The average Bonchev–Trinajstić information content (AvgIpc) is 2.91. The molecule has 1 aromatic heterocycles. The SMILES string of the molecule is COc1ccc(CCc2nnc(CCCCl)o2)cc1. The van der Waals surface area contributed by atoms with Gasteiger partial charge in [0.15, 0.2) is 0 Å². The van der Waals surface area contributed by atoms with Crippen LogP contribution in [0.4, 0.5) is 0 Å². The van der Waals surface area contributed by atoms with E-state index in [-0.39, 0.29) is 0 Å². The molecule has 0 N–H and O–H groups in total. The van der Waals surface area contributed by atoms with E-state index in [1.54, 1.807) is 7.11 Å². The fraction of sp³-hybridized carbons (Fsp3) is 0.429. The van der Waals surface area contributed by atoms with Gasteiger partial charge in [-0.15, -0.1) is 21.8 Å². The van der Waals surface area contributed by atoms with Crippen molar-refractivity contribution >= 4 is 11.6 Å². The second-order valence-corrected chi connectivity index (χ2v) is 4.61. The second-order valence-electron chi connectivity index (χ2n) is 4.23. The molecule has 0 saturated heterocycles. The van der Waals surface area contributed by atoms with Gasteiger partial charge in [0.05, 0.1) is 7.11 Å². The molecule has 2 rings (SSSR count). The summed E-state index contributed by atoms with van der Waals surface area (Å²) in [7, 11) is 1.66. The number of methoxy groups -OCH3 is 1. The van der Waals surface area contributed by atoms with E-state index in [2.05, 4.69) is 10.2 Å². The van der Waals surface area contributed by atoms with Crippen molar-refractivity contribution in [1.29, 1.82) is 0 Å². The van der Waals surface area contributed by atoms with E-state index in [4.69, 9.17) is 20.8 Å². The van der Waals surface area contributed by atoms with E-state index in [1.807, 2.05) is 24.3 Å². The molecular weight excluding hydrogens is 264 g/mol. The Balaban J connectivity index is 1.85. The Morgan fingerprint density at radius 3 is 2.37 bits per heavy atom. The Morgan fingerprint density at radius 2 is 1.74 bits per heavy atom. The molecule has 0 radical (unpaired) electrons. The first-order valence-electron chi connectivity index (χ1n) is 6.32. The van der Waals surface area contributed by atoms with Gasteiger partial charge < -0.3 is 9.15 Å². The Bertz CT molecular complexity index is 496. The van der Waals surface area contributed by atoms with Crippen molar-refractivity contribution in [3.05, 3.63) is 41.6 Å². The summed E-state index contributed by atoms with van der Waals surface area (Å²) in [6.07, 6.45) is 3.24. The van der Waals surface area contributed by atoms with Gasteiger partial charge in [-0.05, 0) is 30.5 Å². The van der Waals surface area contributed by atoms with Crippen LogP contribution in [0.2, 0.25) is 0 Å². The number of benzene rings is 1. The molecule has 0 fully saturated rings. The van der Waals surface area contributed by atoms with Crippen molar-refractivity contribution in [2.24, 2.45) is 0 Å². The van der Waals surface area contributed by atoms with E-state index in [0.717, 1.165) is 31.4 Å². The molecule has 0 bridgehead atoms. The molecule has 0 unspecified atom stereocenters. The molecule has 0 amide bonds. The highest BCUT2D eigenvalue weighted by molar-refractivity contribution is 6.17. The lowest BCUT2D eigenvalue weighted by molar-refractivity contribution is 0.414. The van der Waals surface area contributed by atoms with E-state index < -0.39 is 0 Å². The quantitative estimate of drug-likeness (QED) is 0.732. The van der Waals surface area contributed by atoms with Crippen LogP contribution in [-0.2, 0) is 19.3 Å². The summed E-state index contributed by atoms with van der Waals surface area (Å²) in [6.45, 7) is 0. The number of hydrogen-bond donors (Lipinski definition) is 0. The summed E-state index contributed by atoms with van der Waals surface area (Å²) < 4.78 is 10.7. The standard InChI is InChI=1S/C14H17ClN2O2/c1-18-12-7-4-11(5-8-12)6-9-14-17-16-13(19-14)3-2-10-15/h4-5,7-8H,2-3,6,9-10H2,1H3. The van der Waals surface area contributed by atoms with Crippen molar-refractivity contribution < 1.29 is 9.15 Å². The van der Waals surface area contributed by atoms with Gasteiger partial charge in [0.25, 0.3) is 0 Å². The van der Waals surface area contributed by atoms with Gasteiger partial charge in [0, 0.05) is 18.7 Å². The maximum atomic E-state index is 5.62. The number of ether oxygens (including phenoxy) is 1. The minimum Gasteiger partial charge on any atom is -0.497 e. The molecule has 0 spiro atoms. The van der Waals surface area contributed by atoms with Crippen LogP contribution in [0.1, 0.15) is 23.8 Å². The zero-order chi connectivity index (χ0) is 13.5. The third-order valence-electron chi connectivity index (χ3n) is 2.82. The van der Waals surface area contributed by atoms with Crippen molar-refractivity contribution in [3.8, 4) is 5.75 Å². The molecule has 102 valence electrons. The Morgan fingerprint density at radius 1 is 1.05 bits per heavy atom. The van der Waals surface area contributed by atoms with Crippen LogP contribution in [-0.4, -0.2) is 23.2 Å². The number of halogens is 1. The Kier molecular flexibility index (Phi) is 5.21. The molecule has 2 aromatic rings. The molecule has 1 heterocycles. The highest BCUT2D eigenvalue weighted by Gasteiger charge is 2.06.